The standard InChI is InChI=1S/C17H15N5/c1-22-17-15(16(18)19-10-20-17)14(21-22)9-12-7-4-6-11-5-2-3-8-13(11)12/h2-8,10H,9H2,1H3,(H2,18,19,20). The number of nitrogen functional groups attached to an aromatic ring is 1. The molecule has 2 aromatic heterocycles. The van der Waals surface area contributed by atoms with Crippen LogP contribution in [0.25, 0.3) is 21.8 Å². The van der Waals surface area contributed by atoms with E-state index in [1.165, 1.54) is 22.7 Å². The van der Waals surface area contributed by atoms with E-state index in [9.17, 15) is 0 Å². The zero-order chi connectivity index (χ0) is 15.1. The Balaban J connectivity index is 1.90. The molecule has 4 rings (SSSR count). The number of hydrogen-bond acceptors (Lipinski definition) is 4. The van der Waals surface area contributed by atoms with Gasteiger partial charge in [-0.1, -0.05) is 42.5 Å². The Kier molecular flexibility index (Phi) is 2.79. The molecule has 4 aromatic rings. The second kappa shape index (κ2) is 4.80. The Bertz CT molecular complexity index is 982. The number of benzene rings is 2. The molecule has 5 heteroatoms. The molecule has 0 saturated heterocycles. The summed E-state index contributed by atoms with van der Waals surface area (Å²) in [6.45, 7) is 0. The van der Waals surface area contributed by atoms with Crippen molar-refractivity contribution in [2.24, 2.45) is 7.05 Å². The van der Waals surface area contributed by atoms with Gasteiger partial charge in [0.15, 0.2) is 5.65 Å². The summed E-state index contributed by atoms with van der Waals surface area (Å²) in [5, 5.41) is 7.89. The van der Waals surface area contributed by atoms with Gasteiger partial charge in [-0.3, -0.25) is 4.68 Å². The molecule has 0 unspecified atom stereocenters. The first-order valence-corrected chi connectivity index (χ1v) is 7.13. The summed E-state index contributed by atoms with van der Waals surface area (Å²) in [4.78, 5) is 8.37. The highest BCUT2D eigenvalue weighted by Crippen LogP contribution is 2.26. The summed E-state index contributed by atoms with van der Waals surface area (Å²) in [7, 11) is 1.88. The fourth-order valence-electron chi connectivity index (χ4n) is 2.94. The molecular formula is C17H15N5. The molecule has 0 aliphatic rings. The molecule has 0 bridgehead atoms. The Hall–Kier alpha value is -2.95. The molecule has 0 atom stereocenters. The first kappa shape index (κ1) is 12.8. The molecule has 0 spiro atoms. The van der Waals surface area contributed by atoms with Gasteiger partial charge >= 0.3 is 0 Å². The molecule has 0 fully saturated rings. The summed E-state index contributed by atoms with van der Waals surface area (Å²) < 4.78 is 1.76. The van der Waals surface area contributed by atoms with Crippen LogP contribution in [-0.4, -0.2) is 19.7 Å². The van der Waals surface area contributed by atoms with Crippen molar-refractivity contribution in [3.63, 3.8) is 0 Å². The SMILES string of the molecule is Cn1nc(Cc2cccc3ccccc23)c2c(N)ncnc21. The lowest BCUT2D eigenvalue weighted by atomic mass is 10.0. The van der Waals surface area contributed by atoms with Crippen molar-refractivity contribution in [3.05, 3.63) is 60.0 Å². The van der Waals surface area contributed by atoms with Gasteiger partial charge in [-0.15, -0.1) is 0 Å². The lowest BCUT2D eigenvalue weighted by Crippen LogP contribution is -1.96. The van der Waals surface area contributed by atoms with Crippen molar-refractivity contribution in [3.8, 4) is 0 Å². The van der Waals surface area contributed by atoms with Gasteiger partial charge in [-0.2, -0.15) is 5.10 Å². The number of anilines is 1. The third-order valence-corrected chi connectivity index (χ3v) is 3.96. The van der Waals surface area contributed by atoms with Crippen molar-refractivity contribution in [1.29, 1.82) is 0 Å². The molecule has 0 aliphatic carbocycles. The van der Waals surface area contributed by atoms with Crippen molar-refractivity contribution in [1.82, 2.24) is 19.7 Å². The molecular weight excluding hydrogens is 274 g/mol. The van der Waals surface area contributed by atoms with Gasteiger partial charge in [0.1, 0.15) is 12.1 Å². The first-order valence-electron chi connectivity index (χ1n) is 7.13. The van der Waals surface area contributed by atoms with Gasteiger partial charge in [0.05, 0.1) is 11.1 Å². The van der Waals surface area contributed by atoms with Crippen LogP contribution in [0.5, 0.6) is 0 Å². The molecule has 0 amide bonds. The number of rotatable bonds is 2. The van der Waals surface area contributed by atoms with E-state index >= 15 is 0 Å². The highest BCUT2D eigenvalue weighted by molar-refractivity contribution is 5.90. The van der Waals surface area contributed by atoms with Gasteiger partial charge in [0.25, 0.3) is 0 Å². The first-order chi connectivity index (χ1) is 10.7. The summed E-state index contributed by atoms with van der Waals surface area (Å²) in [5.74, 6) is 0.480. The van der Waals surface area contributed by atoms with E-state index < -0.39 is 0 Å². The second-order valence-corrected chi connectivity index (χ2v) is 5.34. The normalized spacial score (nSPS) is 11.3. The van der Waals surface area contributed by atoms with Crippen LogP contribution < -0.4 is 5.73 Å². The topological polar surface area (TPSA) is 69.6 Å². The van der Waals surface area contributed by atoms with Crippen LogP contribution in [0.4, 0.5) is 5.82 Å². The maximum atomic E-state index is 6.03. The lowest BCUT2D eigenvalue weighted by molar-refractivity contribution is 0.765. The van der Waals surface area contributed by atoms with Crippen LogP contribution in [0.15, 0.2) is 48.8 Å². The van der Waals surface area contributed by atoms with Crippen molar-refractivity contribution in [2.45, 2.75) is 6.42 Å². The largest absolute Gasteiger partial charge is 0.383 e. The van der Waals surface area contributed by atoms with Crippen LogP contribution in [0, 0.1) is 0 Å². The van der Waals surface area contributed by atoms with Gasteiger partial charge in [0.2, 0.25) is 0 Å². The predicted molar refractivity (Wildman–Crippen MR) is 87.5 cm³/mol. The van der Waals surface area contributed by atoms with Crippen LogP contribution in [0.1, 0.15) is 11.3 Å². The van der Waals surface area contributed by atoms with E-state index in [4.69, 9.17) is 5.73 Å². The fourth-order valence-corrected chi connectivity index (χ4v) is 2.94. The summed E-state index contributed by atoms with van der Waals surface area (Å²) >= 11 is 0. The number of aryl methyl sites for hydroxylation is 1. The van der Waals surface area contributed by atoms with Crippen LogP contribution >= 0.6 is 0 Å². The zero-order valence-corrected chi connectivity index (χ0v) is 12.2. The highest BCUT2D eigenvalue weighted by Gasteiger charge is 2.14. The lowest BCUT2D eigenvalue weighted by Gasteiger charge is -2.05. The van der Waals surface area contributed by atoms with E-state index in [-0.39, 0.29) is 0 Å². The van der Waals surface area contributed by atoms with E-state index in [0.717, 1.165) is 16.7 Å². The van der Waals surface area contributed by atoms with Crippen LogP contribution in [-0.2, 0) is 13.5 Å². The Morgan fingerprint density at radius 2 is 1.86 bits per heavy atom. The minimum atomic E-state index is 0.480. The molecule has 2 aromatic carbocycles. The smallest absolute Gasteiger partial charge is 0.163 e. The Morgan fingerprint density at radius 3 is 2.77 bits per heavy atom. The van der Waals surface area contributed by atoms with Gasteiger partial charge in [0, 0.05) is 13.5 Å². The van der Waals surface area contributed by atoms with E-state index in [2.05, 4.69) is 51.5 Å². The number of nitrogens with zero attached hydrogens (tertiary/aromatic N) is 4. The van der Waals surface area contributed by atoms with Gasteiger partial charge < -0.3 is 5.73 Å². The van der Waals surface area contributed by atoms with Gasteiger partial charge in [-0.25, -0.2) is 9.97 Å². The second-order valence-electron chi connectivity index (χ2n) is 5.34. The molecule has 22 heavy (non-hydrogen) atoms. The molecule has 0 aliphatic heterocycles. The molecule has 2 N–H and O–H groups in total. The number of hydrogen-bond donors (Lipinski definition) is 1. The third kappa shape index (κ3) is 1.90. The van der Waals surface area contributed by atoms with E-state index in [0.29, 0.717) is 12.2 Å². The average molecular weight is 289 g/mol. The minimum Gasteiger partial charge on any atom is -0.383 e. The summed E-state index contributed by atoms with van der Waals surface area (Å²) in [6, 6.07) is 14.7. The fraction of sp³-hybridized carbons (Fsp3) is 0.118. The Morgan fingerprint density at radius 1 is 1.05 bits per heavy atom. The van der Waals surface area contributed by atoms with E-state index in [1.807, 2.05) is 13.1 Å². The highest BCUT2D eigenvalue weighted by atomic mass is 15.3. The minimum absolute atomic E-state index is 0.480. The molecule has 108 valence electrons. The van der Waals surface area contributed by atoms with Crippen molar-refractivity contribution < 1.29 is 0 Å². The maximum Gasteiger partial charge on any atom is 0.163 e. The van der Waals surface area contributed by atoms with Crippen LogP contribution in [0.3, 0.4) is 0 Å². The summed E-state index contributed by atoms with van der Waals surface area (Å²) in [6.07, 6.45) is 2.18. The number of fused-ring (bicyclic) bond motifs is 2. The van der Waals surface area contributed by atoms with Crippen molar-refractivity contribution in [2.75, 3.05) is 5.73 Å². The van der Waals surface area contributed by atoms with Crippen molar-refractivity contribution >= 4 is 27.6 Å². The molecule has 2 heterocycles. The van der Waals surface area contributed by atoms with Crippen LogP contribution in [0.2, 0.25) is 0 Å². The zero-order valence-electron chi connectivity index (χ0n) is 12.2. The average Bonchev–Trinajstić information content (AvgIpc) is 2.85. The third-order valence-electron chi connectivity index (χ3n) is 3.96. The molecule has 0 saturated carbocycles. The number of nitrogens with two attached hydrogens (primary N) is 1. The molecule has 0 radical (unpaired) electrons. The quantitative estimate of drug-likeness (QED) is 0.616. The molecule has 5 nitrogen and oxygen atoms in total. The predicted octanol–water partition coefficient (Wildman–Crippen LogP) is 2.69. The number of aromatic nitrogens is 4. The maximum absolute atomic E-state index is 6.03. The monoisotopic (exact) mass is 289 g/mol. The van der Waals surface area contributed by atoms with E-state index in [1.54, 1.807) is 4.68 Å². The van der Waals surface area contributed by atoms with Gasteiger partial charge in [-0.05, 0) is 16.3 Å². The Labute approximate surface area is 127 Å². The summed E-state index contributed by atoms with van der Waals surface area (Å²) in [5.41, 5.74) is 8.93.